The van der Waals surface area contributed by atoms with Crippen LogP contribution in [-0.4, -0.2) is 10.2 Å². The highest BCUT2D eigenvalue weighted by Crippen LogP contribution is 2.67. The maximum atomic E-state index is 11.3. The van der Waals surface area contributed by atoms with Crippen LogP contribution in [0.2, 0.25) is 0 Å². The van der Waals surface area contributed by atoms with Gasteiger partial charge in [0.1, 0.15) is 46.0 Å². The molecule has 0 saturated heterocycles. The Labute approximate surface area is 421 Å². The molecule has 0 heterocycles. The fraction of sp³-hybridized carbons (Fsp3) is 0.625. The lowest BCUT2D eigenvalue weighted by atomic mass is 9.48. The topological polar surface area (TPSA) is 120 Å². The van der Waals surface area contributed by atoms with Gasteiger partial charge < -0.3 is 35.9 Å². The van der Waals surface area contributed by atoms with Crippen molar-refractivity contribution in [3.05, 3.63) is 82.9 Å². The number of anilines is 2. The van der Waals surface area contributed by atoms with Crippen molar-refractivity contribution >= 4 is 11.4 Å². The molecule has 7 nitrogen and oxygen atoms in total. The Morgan fingerprint density at radius 1 is 0.310 bits per heavy atom. The van der Waals surface area contributed by atoms with Crippen molar-refractivity contribution in [2.45, 2.75) is 176 Å². The Balaban J connectivity index is 0.785. The zero-order chi connectivity index (χ0) is 47.2. The summed E-state index contributed by atoms with van der Waals surface area (Å²) in [6.07, 6.45) is 30.9. The zero-order valence-corrected chi connectivity index (χ0v) is 41.9. The molecular weight excluding hydrogens is 877 g/mol. The lowest BCUT2D eigenvalue weighted by Gasteiger charge is -2.57. The summed E-state index contributed by atoms with van der Waals surface area (Å²) in [5.41, 5.74) is 19.4. The summed E-state index contributed by atoms with van der Waals surface area (Å²) in [6, 6.07) is 21.3. The lowest BCUT2D eigenvalue weighted by Crippen LogP contribution is -2.49. The summed E-state index contributed by atoms with van der Waals surface area (Å²) in [4.78, 5) is 0. The van der Waals surface area contributed by atoms with Crippen LogP contribution in [0.1, 0.15) is 176 Å². The lowest BCUT2D eigenvalue weighted by molar-refractivity contribution is -0.00737. The van der Waals surface area contributed by atoms with Crippen LogP contribution in [-0.2, 0) is 21.7 Å². The monoisotopic (exact) mass is 953 g/mol. The van der Waals surface area contributed by atoms with Crippen LogP contribution >= 0.6 is 0 Å². The van der Waals surface area contributed by atoms with Crippen LogP contribution in [0.5, 0.6) is 46.0 Å². The molecule has 4 aromatic carbocycles. The summed E-state index contributed by atoms with van der Waals surface area (Å²) in [5, 5.41) is 22.5. The highest BCUT2D eigenvalue weighted by atomic mass is 16.5. The fourth-order valence-electron chi connectivity index (χ4n) is 22.5. The maximum Gasteiger partial charge on any atom is 0.142 e. The Hall–Kier alpha value is -4.52. The summed E-state index contributed by atoms with van der Waals surface area (Å²) >= 11 is 0. The van der Waals surface area contributed by atoms with E-state index in [0.717, 1.165) is 106 Å². The molecule has 0 unspecified atom stereocenters. The molecule has 372 valence electrons. The minimum absolute atomic E-state index is 0.0429. The molecule has 71 heavy (non-hydrogen) atoms. The molecule has 16 fully saturated rings. The molecule has 16 bridgehead atoms. The molecule has 16 aliphatic carbocycles. The molecule has 0 atom stereocenters. The standard InChI is InChI=1S/C64H76N2O5/c65-53-19-51(63-29-41-11-42(30-63)13-43(12-41)31-63)59(21-55(53)67)70-57-3-1-47(17-49(57)61-23-35-5-36(24-61)7-37(6-35)25-61)69-48-2-4-58(50(18-48)62-26-38-8-39(27-62)10-40(9-38)28-62)71-60-22-56(68)54(66)20-52(60)64-32-44-14-45(33-64)16-46(15-44)34-64/h1-4,17-22,35-46,67-68H,5-16,23-34,65-66H2. The normalized spacial score (nSPS) is 42.3. The van der Waals surface area contributed by atoms with Gasteiger partial charge in [-0.15, -0.1) is 0 Å². The van der Waals surface area contributed by atoms with Crippen LogP contribution in [0.4, 0.5) is 11.4 Å². The van der Waals surface area contributed by atoms with Crippen LogP contribution in [0.3, 0.4) is 0 Å². The van der Waals surface area contributed by atoms with E-state index in [4.69, 9.17) is 25.7 Å². The van der Waals surface area contributed by atoms with Gasteiger partial charge in [-0.2, -0.15) is 0 Å². The van der Waals surface area contributed by atoms with Gasteiger partial charge in [0, 0.05) is 34.4 Å². The Bertz CT molecular complexity index is 2530. The van der Waals surface area contributed by atoms with Crippen molar-refractivity contribution < 1.29 is 24.4 Å². The van der Waals surface area contributed by atoms with Gasteiger partial charge >= 0.3 is 0 Å². The summed E-state index contributed by atoms with van der Waals surface area (Å²) < 4.78 is 22.0. The Kier molecular flexibility index (Phi) is 9.10. The van der Waals surface area contributed by atoms with E-state index in [1.54, 1.807) is 0 Å². The van der Waals surface area contributed by atoms with Crippen LogP contribution < -0.4 is 25.7 Å². The zero-order valence-electron chi connectivity index (χ0n) is 41.9. The van der Waals surface area contributed by atoms with Crippen molar-refractivity contribution in [1.29, 1.82) is 0 Å². The average molecular weight is 953 g/mol. The van der Waals surface area contributed by atoms with E-state index in [0.29, 0.717) is 11.4 Å². The maximum absolute atomic E-state index is 11.3. The number of benzene rings is 4. The largest absolute Gasteiger partial charge is 0.506 e. The van der Waals surface area contributed by atoms with E-state index in [-0.39, 0.29) is 33.2 Å². The van der Waals surface area contributed by atoms with Crippen molar-refractivity contribution in [2.75, 3.05) is 11.5 Å². The van der Waals surface area contributed by atoms with E-state index in [1.165, 1.54) is 176 Å². The second-order valence-electron chi connectivity index (χ2n) is 28.2. The molecule has 20 rings (SSSR count). The molecule has 0 aromatic heterocycles. The van der Waals surface area contributed by atoms with Gasteiger partial charge in [0.2, 0.25) is 0 Å². The number of phenols is 2. The van der Waals surface area contributed by atoms with Crippen molar-refractivity contribution in [1.82, 2.24) is 0 Å². The molecule has 0 spiro atoms. The highest BCUT2D eigenvalue weighted by molar-refractivity contribution is 5.64. The van der Waals surface area contributed by atoms with Gasteiger partial charge in [-0.05, 0) is 295 Å². The Morgan fingerprint density at radius 3 is 0.803 bits per heavy atom. The van der Waals surface area contributed by atoms with E-state index in [2.05, 4.69) is 48.5 Å². The quantitative estimate of drug-likeness (QED) is 0.0923. The van der Waals surface area contributed by atoms with Gasteiger partial charge in [-0.3, -0.25) is 0 Å². The van der Waals surface area contributed by atoms with Crippen LogP contribution in [0.25, 0.3) is 0 Å². The van der Waals surface area contributed by atoms with Gasteiger partial charge in [0.15, 0.2) is 0 Å². The SMILES string of the molecule is Nc1cc(C23CC4CC(CC(C4)C2)C3)c(Oc2ccc(Oc3ccc(Oc4cc(O)c(N)cc4C45CC6CC(CC(C6)C4)C5)c(C45CC6CC(CC(C6)C4)C5)c3)cc2C23CC4CC(CC(C4)C2)C3)cc1O. The van der Waals surface area contributed by atoms with Crippen molar-refractivity contribution in [3.8, 4) is 46.0 Å². The number of hydrogen-bond acceptors (Lipinski definition) is 7. The molecular formula is C64H76N2O5. The number of nitrogens with two attached hydrogens (primary N) is 2. The predicted octanol–water partition coefficient (Wildman–Crippen LogP) is 15.5. The number of ether oxygens (including phenoxy) is 3. The molecule has 16 aliphatic rings. The second-order valence-corrected chi connectivity index (χ2v) is 28.2. The molecule has 0 aliphatic heterocycles. The van der Waals surface area contributed by atoms with Crippen molar-refractivity contribution in [3.63, 3.8) is 0 Å². The first-order valence-electron chi connectivity index (χ1n) is 29.0. The minimum atomic E-state index is 0.0429. The van der Waals surface area contributed by atoms with Gasteiger partial charge in [0.05, 0.1) is 11.4 Å². The van der Waals surface area contributed by atoms with Crippen LogP contribution in [0, 0.1) is 71.0 Å². The van der Waals surface area contributed by atoms with Crippen molar-refractivity contribution in [2.24, 2.45) is 71.0 Å². The van der Waals surface area contributed by atoms with Gasteiger partial charge in [-0.25, -0.2) is 0 Å². The average Bonchev–Trinajstić information content (AvgIpc) is 3.30. The number of hydrogen-bond donors (Lipinski definition) is 4. The summed E-state index contributed by atoms with van der Waals surface area (Å²) in [7, 11) is 0. The third-order valence-electron chi connectivity index (χ3n) is 23.3. The fourth-order valence-corrected chi connectivity index (χ4v) is 22.5. The second kappa shape index (κ2) is 15.1. The first-order chi connectivity index (χ1) is 34.4. The molecule has 0 amide bonds. The van der Waals surface area contributed by atoms with E-state index in [9.17, 15) is 10.2 Å². The van der Waals surface area contributed by atoms with E-state index < -0.39 is 0 Å². The van der Waals surface area contributed by atoms with E-state index in [1.807, 2.05) is 12.1 Å². The molecule has 4 aromatic rings. The third kappa shape index (κ3) is 6.77. The number of nitrogen functional groups attached to an aromatic ring is 2. The third-order valence-corrected chi connectivity index (χ3v) is 23.3. The predicted molar refractivity (Wildman–Crippen MR) is 278 cm³/mol. The summed E-state index contributed by atoms with van der Waals surface area (Å²) in [5.74, 6) is 14.7. The smallest absolute Gasteiger partial charge is 0.142 e. The number of rotatable bonds is 10. The number of phenolic OH excluding ortho intramolecular Hbond substituents is 2. The summed E-state index contributed by atoms with van der Waals surface area (Å²) in [6.45, 7) is 0. The highest BCUT2D eigenvalue weighted by Gasteiger charge is 2.57. The van der Waals surface area contributed by atoms with E-state index >= 15 is 0 Å². The molecule has 0 radical (unpaired) electrons. The molecule has 7 heteroatoms. The molecule has 16 saturated carbocycles. The first-order valence-corrected chi connectivity index (χ1v) is 29.0. The number of aromatic hydroxyl groups is 2. The minimum Gasteiger partial charge on any atom is -0.506 e. The van der Waals surface area contributed by atoms with Gasteiger partial charge in [0.25, 0.3) is 0 Å². The van der Waals surface area contributed by atoms with Gasteiger partial charge in [-0.1, -0.05) is 0 Å². The van der Waals surface area contributed by atoms with Crippen LogP contribution in [0.15, 0.2) is 60.7 Å². The Morgan fingerprint density at radius 2 is 0.549 bits per heavy atom. The molecule has 6 N–H and O–H groups in total. The first kappa shape index (κ1) is 42.9.